The summed E-state index contributed by atoms with van der Waals surface area (Å²) in [6, 6.07) is 8.36. The minimum absolute atomic E-state index is 0.0369. The molecule has 14 heavy (non-hydrogen) atoms. The summed E-state index contributed by atoms with van der Waals surface area (Å²) in [5, 5.41) is 3.28. The summed E-state index contributed by atoms with van der Waals surface area (Å²) in [6.07, 6.45) is 1.47. The molecule has 0 saturated carbocycles. The van der Waals surface area contributed by atoms with E-state index in [1.54, 1.807) is 0 Å². The normalized spacial score (nSPS) is 20.2. The first kappa shape index (κ1) is 9.41. The summed E-state index contributed by atoms with van der Waals surface area (Å²) in [5.74, 6) is 0.319. The number of Topliss-reactive ketones (excluding diaryl/α,β-unsaturated/α-hetero) is 1. The second-order valence-corrected chi connectivity index (χ2v) is 3.73. The van der Waals surface area contributed by atoms with Crippen LogP contribution in [0.5, 0.6) is 0 Å². The molecule has 2 heteroatoms. The van der Waals surface area contributed by atoms with Crippen molar-refractivity contribution in [2.24, 2.45) is 0 Å². The van der Waals surface area contributed by atoms with E-state index in [4.69, 9.17) is 0 Å². The van der Waals surface area contributed by atoms with E-state index < -0.39 is 0 Å². The summed E-state index contributed by atoms with van der Waals surface area (Å²) < 4.78 is 0. The van der Waals surface area contributed by atoms with Gasteiger partial charge in [-0.3, -0.25) is 4.79 Å². The second-order valence-electron chi connectivity index (χ2n) is 3.73. The van der Waals surface area contributed by atoms with Crippen LogP contribution in [0.25, 0.3) is 0 Å². The van der Waals surface area contributed by atoms with E-state index in [0.717, 1.165) is 13.0 Å². The highest BCUT2D eigenvalue weighted by Crippen LogP contribution is 2.16. The van der Waals surface area contributed by atoms with E-state index in [0.29, 0.717) is 12.2 Å². The molecule has 1 aliphatic heterocycles. The predicted molar refractivity (Wildman–Crippen MR) is 56.1 cm³/mol. The smallest absolute Gasteiger partial charge is 0.149 e. The number of nitrogens with one attached hydrogen (secondary N) is 1. The van der Waals surface area contributed by atoms with Crippen molar-refractivity contribution in [3.8, 4) is 0 Å². The molecule has 0 amide bonds. The van der Waals surface area contributed by atoms with Crippen molar-refractivity contribution in [3.63, 3.8) is 0 Å². The molecular weight excluding hydrogens is 174 g/mol. The molecule has 2 rings (SSSR count). The number of fused-ring (bicyclic) bond motifs is 1. The number of rotatable bonds is 2. The van der Waals surface area contributed by atoms with Gasteiger partial charge in [0, 0.05) is 13.0 Å². The Morgan fingerprint density at radius 1 is 1.43 bits per heavy atom. The summed E-state index contributed by atoms with van der Waals surface area (Å²) in [5.41, 5.74) is 2.64. The van der Waals surface area contributed by atoms with Crippen LogP contribution in [0.3, 0.4) is 0 Å². The average molecular weight is 189 g/mol. The van der Waals surface area contributed by atoms with Crippen LogP contribution >= 0.6 is 0 Å². The van der Waals surface area contributed by atoms with E-state index in [1.807, 2.05) is 19.1 Å². The van der Waals surface area contributed by atoms with E-state index in [9.17, 15) is 4.79 Å². The standard InChI is InChI=1S/C12H15NO/c1-2-12(14)11-7-9-5-3-4-6-10(9)8-13-11/h3-6,11,13H,2,7-8H2,1H3/t11-/m1/s1. The van der Waals surface area contributed by atoms with Crippen molar-refractivity contribution >= 4 is 5.78 Å². The lowest BCUT2D eigenvalue weighted by Gasteiger charge is -2.24. The first-order valence-corrected chi connectivity index (χ1v) is 5.14. The van der Waals surface area contributed by atoms with Gasteiger partial charge in [-0.25, -0.2) is 0 Å². The maximum absolute atomic E-state index is 11.5. The summed E-state index contributed by atoms with van der Waals surface area (Å²) in [7, 11) is 0. The lowest BCUT2D eigenvalue weighted by Crippen LogP contribution is -2.41. The fourth-order valence-electron chi connectivity index (χ4n) is 1.93. The Kier molecular flexibility index (Phi) is 2.64. The minimum Gasteiger partial charge on any atom is -0.303 e. The molecule has 0 unspecified atom stereocenters. The summed E-state index contributed by atoms with van der Waals surface area (Å²) in [6.45, 7) is 2.75. The number of hydrogen-bond donors (Lipinski definition) is 1. The fourth-order valence-corrected chi connectivity index (χ4v) is 1.93. The van der Waals surface area contributed by atoms with Gasteiger partial charge in [0.25, 0.3) is 0 Å². The molecular formula is C12H15NO. The van der Waals surface area contributed by atoms with Crippen LogP contribution < -0.4 is 5.32 Å². The molecule has 0 radical (unpaired) electrons. The van der Waals surface area contributed by atoms with Gasteiger partial charge in [0.1, 0.15) is 5.78 Å². The van der Waals surface area contributed by atoms with E-state index >= 15 is 0 Å². The molecule has 1 N–H and O–H groups in total. The molecule has 1 aromatic rings. The molecule has 0 saturated heterocycles. The Hall–Kier alpha value is -1.15. The number of ketones is 1. The lowest BCUT2D eigenvalue weighted by molar-refractivity contribution is -0.120. The quantitative estimate of drug-likeness (QED) is 0.767. The van der Waals surface area contributed by atoms with Crippen molar-refractivity contribution in [3.05, 3.63) is 35.4 Å². The van der Waals surface area contributed by atoms with Crippen molar-refractivity contribution in [1.29, 1.82) is 0 Å². The topological polar surface area (TPSA) is 29.1 Å². The van der Waals surface area contributed by atoms with Gasteiger partial charge in [-0.15, -0.1) is 0 Å². The third kappa shape index (κ3) is 1.70. The van der Waals surface area contributed by atoms with Crippen molar-refractivity contribution in [1.82, 2.24) is 5.32 Å². The fraction of sp³-hybridized carbons (Fsp3) is 0.417. The molecule has 1 aromatic carbocycles. The van der Waals surface area contributed by atoms with Gasteiger partial charge in [-0.05, 0) is 17.5 Å². The van der Waals surface area contributed by atoms with Gasteiger partial charge in [-0.2, -0.15) is 0 Å². The van der Waals surface area contributed by atoms with Crippen LogP contribution in [0.2, 0.25) is 0 Å². The largest absolute Gasteiger partial charge is 0.303 e. The van der Waals surface area contributed by atoms with E-state index in [-0.39, 0.29) is 6.04 Å². The Bertz CT molecular complexity index is 346. The Labute approximate surface area is 84.3 Å². The zero-order chi connectivity index (χ0) is 9.97. The maximum Gasteiger partial charge on any atom is 0.149 e. The molecule has 0 fully saturated rings. The Balaban J connectivity index is 2.17. The van der Waals surface area contributed by atoms with Gasteiger partial charge in [0.05, 0.1) is 6.04 Å². The molecule has 0 aliphatic carbocycles. The number of carbonyl (C=O) groups excluding carboxylic acids is 1. The first-order chi connectivity index (χ1) is 6.81. The van der Waals surface area contributed by atoms with Gasteiger partial charge in [0.15, 0.2) is 0 Å². The minimum atomic E-state index is 0.0369. The van der Waals surface area contributed by atoms with Gasteiger partial charge in [-0.1, -0.05) is 31.2 Å². The van der Waals surface area contributed by atoms with Crippen LogP contribution in [-0.2, 0) is 17.8 Å². The third-order valence-corrected chi connectivity index (χ3v) is 2.82. The Morgan fingerprint density at radius 2 is 2.14 bits per heavy atom. The molecule has 2 nitrogen and oxygen atoms in total. The summed E-state index contributed by atoms with van der Waals surface area (Å²) in [4.78, 5) is 11.5. The van der Waals surface area contributed by atoms with Crippen molar-refractivity contribution < 1.29 is 4.79 Å². The highest BCUT2D eigenvalue weighted by molar-refractivity contribution is 5.84. The highest BCUT2D eigenvalue weighted by atomic mass is 16.1. The highest BCUT2D eigenvalue weighted by Gasteiger charge is 2.21. The van der Waals surface area contributed by atoms with Crippen LogP contribution in [0, 0.1) is 0 Å². The zero-order valence-corrected chi connectivity index (χ0v) is 8.42. The van der Waals surface area contributed by atoms with Crippen molar-refractivity contribution in [2.45, 2.75) is 32.4 Å². The molecule has 0 aromatic heterocycles. The van der Waals surface area contributed by atoms with Gasteiger partial charge in [0.2, 0.25) is 0 Å². The SMILES string of the molecule is CCC(=O)[C@H]1Cc2ccccc2CN1. The molecule has 0 bridgehead atoms. The van der Waals surface area contributed by atoms with Crippen LogP contribution in [-0.4, -0.2) is 11.8 Å². The summed E-state index contributed by atoms with van der Waals surface area (Å²) >= 11 is 0. The number of hydrogen-bond acceptors (Lipinski definition) is 2. The van der Waals surface area contributed by atoms with Crippen molar-refractivity contribution in [2.75, 3.05) is 0 Å². The molecule has 1 aliphatic rings. The predicted octanol–water partition coefficient (Wildman–Crippen LogP) is 1.68. The number of carbonyl (C=O) groups is 1. The van der Waals surface area contributed by atoms with Crippen LogP contribution in [0.1, 0.15) is 24.5 Å². The monoisotopic (exact) mass is 189 g/mol. The van der Waals surface area contributed by atoms with E-state index in [1.165, 1.54) is 11.1 Å². The number of benzene rings is 1. The maximum atomic E-state index is 11.5. The van der Waals surface area contributed by atoms with Crippen LogP contribution in [0.15, 0.2) is 24.3 Å². The average Bonchev–Trinajstić information content (AvgIpc) is 2.27. The van der Waals surface area contributed by atoms with Gasteiger partial charge < -0.3 is 5.32 Å². The van der Waals surface area contributed by atoms with Crippen LogP contribution in [0.4, 0.5) is 0 Å². The third-order valence-electron chi connectivity index (χ3n) is 2.82. The Morgan fingerprint density at radius 3 is 2.86 bits per heavy atom. The molecule has 74 valence electrons. The first-order valence-electron chi connectivity index (χ1n) is 5.14. The molecule has 1 heterocycles. The second kappa shape index (κ2) is 3.93. The zero-order valence-electron chi connectivity index (χ0n) is 8.42. The molecule has 0 spiro atoms. The van der Waals surface area contributed by atoms with E-state index in [2.05, 4.69) is 17.4 Å². The van der Waals surface area contributed by atoms with Gasteiger partial charge >= 0.3 is 0 Å². The molecule has 1 atom stereocenters. The lowest BCUT2D eigenvalue weighted by atomic mass is 9.93.